The van der Waals surface area contributed by atoms with E-state index >= 15 is 0 Å². The van der Waals surface area contributed by atoms with Gasteiger partial charge in [-0.1, -0.05) is 12.1 Å². The Morgan fingerprint density at radius 3 is 2.29 bits per heavy atom. The zero-order valence-corrected chi connectivity index (χ0v) is 12.4. The summed E-state index contributed by atoms with van der Waals surface area (Å²) in [6.07, 6.45) is 2.60. The summed E-state index contributed by atoms with van der Waals surface area (Å²) in [5, 5.41) is 20.0. The maximum atomic E-state index is 10.5. The number of benzene rings is 1. The number of aliphatic hydroxyl groups is 1. The Morgan fingerprint density at radius 1 is 1.10 bits per heavy atom. The van der Waals surface area contributed by atoms with Gasteiger partial charge in [0.25, 0.3) is 0 Å². The van der Waals surface area contributed by atoms with Gasteiger partial charge in [-0.3, -0.25) is 4.48 Å². The first-order chi connectivity index (χ1) is 10.1. The first kappa shape index (κ1) is 15.3. The molecule has 0 unspecified atom stereocenters. The molecule has 1 atom stereocenters. The van der Waals surface area contributed by atoms with Crippen molar-refractivity contribution in [2.24, 2.45) is 0 Å². The van der Waals surface area contributed by atoms with Crippen LogP contribution >= 0.6 is 0 Å². The highest BCUT2D eigenvalue weighted by Gasteiger charge is 2.22. The SMILES string of the molecule is COc1cccc([C@H](O)c2cc[n+](B(C)O)cc2)c1OC. The zero-order chi connectivity index (χ0) is 15.4. The average Bonchev–Trinajstić information content (AvgIpc) is 2.53. The summed E-state index contributed by atoms with van der Waals surface area (Å²) in [4.78, 5) is 0. The van der Waals surface area contributed by atoms with Crippen LogP contribution in [0.1, 0.15) is 17.2 Å². The summed E-state index contributed by atoms with van der Waals surface area (Å²) in [5.41, 5.74) is 1.34. The topological polar surface area (TPSA) is 62.8 Å². The van der Waals surface area contributed by atoms with Crippen LogP contribution in [0.2, 0.25) is 6.82 Å². The highest BCUT2D eigenvalue weighted by Crippen LogP contribution is 2.36. The molecule has 1 aromatic carbocycles. The Balaban J connectivity index is 2.37. The summed E-state index contributed by atoms with van der Waals surface area (Å²) >= 11 is 0. The molecule has 21 heavy (non-hydrogen) atoms. The number of pyridine rings is 1. The molecule has 2 rings (SSSR count). The van der Waals surface area contributed by atoms with Crippen molar-refractivity contribution in [1.29, 1.82) is 0 Å². The van der Waals surface area contributed by atoms with Crippen molar-refractivity contribution in [3.05, 3.63) is 53.9 Å². The number of methoxy groups -OCH3 is 2. The summed E-state index contributed by atoms with van der Waals surface area (Å²) in [7, 11) is 2.49. The molecule has 0 bridgehead atoms. The minimum atomic E-state index is -0.835. The quantitative estimate of drug-likeness (QED) is 0.807. The maximum absolute atomic E-state index is 10.5. The molecule has 0 spiro atoms. The smallest absolute Gasteiger partial charge is 0.493 e. The summed E-state index contributed by atoms with van der Waals surface area (Å²) in [6.45, 7) is 1.67. The van der Waals surface area contributed by atoms with Crippen molar-refractivity contribution in [1.82, 2.24) is 0 Å². The number of hydrogen-bond donors (Lipinski definition) is 2. The highest BCUT2D eigenvalue weighted by atomic mass is 16.5. The number of aromatic nitrogens is 1. The van der Waals surface area contributed by atoms with Crippen molar-refractivity contribution >= 4 is 7.05 Å². The number of rotatable bonds is 5. The van der Waals surface area contributed by atoms with Crippen molar-refractivity contribution in [3.63, 3.8) is 0 Å². The van der Waals surface area contributed by atoms with Gasteiger partial charge >= 0.3 is 7.05 Å². The first-order valence-electron chi connectivity index (χ1n) is 6.66. The van der Waals surface area contributed by atoms with Crippen LogP contribution in [0.3, 0.4) is 0 Å². The van der Waals surface area contributed by atoms with Gasteiger partial charge in [0.05, 0.1) is 14.2 Å². The van der Waals surface area contributed by atoms with E-state index in [1.807, 2.05) is 0 Å². The Morgan fingerprint density at radius 2 is 1.76 bits per heavy atom. The molecule has 0 saturated heterocycles. The Kier molecular flexibility index (Phi) is 4.83. The molecule has 5 nitrogen and oxygen atoms in total. The van der Waals surface area contributed by atoms with Gasteiger partial charge in [-0.05, 0) is 11.6 Å². The lowest BCUT2D eigenvalue weighted by Gasteiger charge is -2.17. The van der Waals surface area contributed by atoms with Gasteiger partial charge in [-0.2, -0.15) is 0 Å². The second kappa shape index (κ2) is 6.60. The van der Waals surface area contributed by atoms with Crippen LogP contribution in [0.5, 0.6) is 11.5 Å². The van der Waals surface area contributed by atoms with E-state index in [0.717, 1.165) is 0 Å². The number of hydrogen-bond acceptors (Lipinski definition) is 4. The lowest BCUT2D eigenvalue weighted by molar-refractivity contribution is -0.549. The first-order valence-corrected chi connectivity index (χ1v) is 6.66. The van der Waals surface area contributed by atoms with Crippen LogP contribution in [0, 0.1) is 0 Å². The van der Waals surface area contributed by atoms with Crippen molar-refractivity contribution in [3.8, 4) is 11.5 Å². The number of aliphatic hydroxyl groups excluding tert-OH is 1. The fourth-order valence-electron chi connectivity index (χ4n) is 2.19. The molecule has 0 saturated carbocycles. The second-order valence-electron chi connectivity index (χ2n) is 4.70. The molecule has 0 fully saturated rings. The molecule has 2 aromatic rings. The molecule has 1 heterocycles. The third-order valence-electron chi connectivity index (χ3n) is 3.35. The monoisotopic (exact) mass is 288 g/mol. The van der Waals surface area contributed by atoms with Crippen LogP contribution in [-0.4, -0.2) is 31.4 Å². The Hall–Kier alpha value is -2.05. The third-order valence-corrected chi connectivity index (χ3v) is 3.35. The molecule has 1 aromatic heterocycles. The van der Waals surface area contributed by atoms with Gasteiger partial charge in [0.1, 0.15) is 18.5 Å². The summed E-state index contributed by atoms with van der Waals surface area (Å²) in [5.74, 6) is 1.09. The standard InChI is InChI=1S/C15H19BNO4/c1-16(19)17-9-7-11(8-10-17)14(18)12-5-4-6-13(20-2)15(12)21-3/h4-10,14,18-19H,1-3H3/q+1/t14-/m1/s1. The van der Waals surface area contributed by atoms with Gasteiger partial charge in [0, 0.05) is 24.5 Å². The van der Waals surface area contributed by atoms with E-state index < -0.39 is 13.2 Å². The number of ether oxygens (including phenoxy) is 2. The van der Waals surface area contributed by atoms with E-state index in [0.29, 0.717) is 22.6 Å². The Labute approximate surface area is 124 Å². The molecule has 2 N–H and O–H groups in total. The normalized spacial score (nSPS) is 11.9. The predicted octanol–water partition coefficient (Wildman–Crippen LogP) is 1.03. The van der Waals surface area contributed by atoms with Crippen LogP contribution in [0.15, 0.2) is 42.7 Å². The second-order valence-corrected chi connectivity index (χ2v) is 4.70. The van der Waals surface area contributed by atoms with Gasteiger partial charge in [-0.15, -0.1) is 0 Å². The molecule has 0 aliphatic heterocycles. The predicted molar refractivity (Wildman–Crippen MR) is 79.5 cm³/mol. The highest BCUT2D eigenvalue weighted by molar-refractivity contribution is 6.38. The van der Waals surface area contributed by atoms with E-state index in [-0.39, 0.29) is 0 Å². The lowest BCUT2D eigenvalue weighted by atomic mass is 9.88. The van der Waals surface area contributed by atoms with Gasteiger partial charge in [-0.25, -0.2) is 0 Å². The molecule has 6 heteroatoms. The molecular weight excluding hydrogens is 269 g/mol. The molecule has 0 aliphatic rings. The van der Waals surface area contributed by atoms with E-state index in [9.17, 15) is 10.1 Å². The van der Waals surface area contributed by atoms with Gasteiger partial charge in [0.15, 0.2) is 11.5 Å². The van der Waals surface area contributed by atoms with E-state index in [1.165, 1.54) is 0 Å². The van der Waals surface area contributed by atoms with E-state index in [1.54, 1.807) is 68.2 Å². The van der Waals surface area contributed by atoms with Gasteiger partial charge in [0.2, 0.25) is 0 Å². The van der Waals surface area contributed by atoms with Crippen LogP contribution in [0.4, 0.5) is 0 Å². The van der Waals surface area contributed by atoms with Crippen molar-refractivity contribution in [2.75, 3.05) is 14.2 Å². The lowest BCUT2D eigenvalue weighted by Crippen LogP contribution is -2.48. The Bertz CT molecular complexity index is 601. The fourth-order valence-corrected chi connectivity index (χ4v) is 2.19. The molecular formula is C15H19BNO4+. The molecule has 0 aliphatic carbocycles. The third kappa shape index (κ3) is 3.17. The van der Waals surface area contributed by atoms with Crippen molar-refractivity contribution < 1.29 is 24.1 Å². The number of para-hydroxylation sites is 1. The van der Waals surface area contributed by atoms with Crippen LogP contribution in [0.25, 0.3) is 0 Å². The van der Waals surface area contributed by atoms with Crippen molar-refractivity contribution in [2.45, 2.75) is 12.9 Å². The van der Waals surface area contributed by atoms with E-state index in [2.05, 4.69) is 0 Å². The summed E-state index contributed by atoms with van der Waals surface area (Å²) < 4.78 is 12.2. The van der Waals surface area contributed by atoms with Crippen LogP contribution in [-0.2, 0) is 0 Å². The average molecular weight is 288 g/mol. The zero-order valence-electron chi connectivity index (χ0n) is 12.4. The maximum Gasteiger partial charge on any atom is 0.653 e. The number of nitrogens with zero attached hydrogens (tertiary/aromatic N) is 1. The molecule has 0 radical (unpaired) electrons. The summed E-state index contributed by atoms with van der Waals surface area (Å²) in [6, 6.07) is 8.90. The largest absolute Gasteiger partial charge is 0.653 e. The molecule has 110 valence electrons. The van der Waals surface area contributed by atoms with Crippen LogP contribution < -0.4 is 14.0 Å². The van der Waals surface area contributed by atoms with Gasteiger partial charge < -0.3 is 19.6 Å². The molecule has 0 amide bonds. The minimum absolute atomic E-state index is 0.514. The minimum Gasteiger partial charge on any atom is -0.493 e. The fraction of sp³-hybridized carbons (Fsp3) is 0.267. The van der Waals surface area contributed by atoms with E-state index in [4.69, 9.17) is 9.47 Å².